The number of anilines is 4. The summed E-state index contributed by atoms with van der Waals surface area (Å²) < 4.78 is 47.0. The monoisotopic (exact) mass is 1670 g/mol. The molecule has 0 atom stereocenters. The zero-order chi connectivity index (χ0) is 54.4. The van der Waals surface area contributed by atoms with E-state index in [1.165, 1.54) is 0 Å². The second kappa shape index (κ2) is 32.4. The number of halogens is 2. The van der Waals surface area contributed by atoms with Crippen molar-refractivity contribution in [3.8, 4) is 11.5 Å². The Morgan fingerprint density at radius 2 is 1.05 bits per heavy atom. The van der Waals surface area contributed by atoms with Gasteiger partial charge in [-0.25, -0.2) is 18.0 Å². The molecule has 4 aromatic rings. The number of sulfone groups is 1. The molecule has 4 rings (SSSR count). The molecule has 0 aliphatic carbocycles. The van der Waals surface area contributed by atoms with Crippen molar-refractivity contribution in [2.45, 2.75) is 122 Å². The van der Waals surface area contributed by atoms with Crippen LogP contribution in [0.1, 0.15) is 73.9 Å². The molecule has 0 unspecified atom stereocenters. The van der Waals surface area contributed by atoms with Crippen molar-refractivity contribution in [1.29, 1.82) is 0 Å². The summed E-state index contributed by atoms with van der Waals surface area (Å²) in [4.78, 5) is 65.1. The van der Waals surface area contributed by atoms with Crippen LogP contribution in [0, 0.1) is 20.2 Å². The van der Waals surface area contributed by atoms with Crippen LogP contribution in [0.2, 0.25) is 36.3 Å². The van der Waals surface area contributed by atoms with Crippen LogP contribution in [-0.2, 0) is 95.6 Å². The third kappa shape index (κ3) is 22.1. The van der Waals surface area contributed by atoms with E-state index in [1.54, 1.807) is 50.4 Å². The Morgan fingerprint density at radius 1 is 0.707 bits per heavy atom. The molecule has 0 spiro atoms. The van der Waals surface area contributed by atoms with E-state index in [9.17, 15) is 38.2 Å². The summed E-state index contributed by atoms with van der Waals surface area (Å²) in [6, 6.07) is 14.2. The summed E-state index contributed by atoms with van der Waals surface area (Å²) in [6.07, 6.45) is 0.791. The number of nitrogen functional groups attached to an aromatic ring is 2. The van der Waals surface area contributed by atoms with Crippen molar-refractivity contribution in [2.24, 2.45) is 0 Å². The van der Waals surface area contributed by atoms with Gasteiger partial charge in [0, 0.05) is 69.5 Å². The molecule has 0 aliphatic heterocycles. The van der Waals surface area contributed by atoms with Crippen molar-refractivity contribution in [3.05, 3.63) is 79.9 Å². The number of nitrogens with two attached hydrogens (primary N) is 2. The summed E-state index contributed by atoms with van der Waals surface area (Å²) in [5.41, 5.74) is 11.4. The molecule has 2 aromatic carbocycles. The molecule has 0 bridgehead atoms. The van der Waals surface area contributed by atoms with Crippen LogP contribution in [0.15, 0.2) is 58.8 Å². The molecule has 75 heavy (non-hydrogen) atoms. The first kappa shape index (κ1) is 75.8. The van der Waals surface area contributed by atoms with E-state index in [4.69, 9.17) is 53.0 Å². The standard InChI is InChI=1S/C21H31N5O7SSi.C21H31N5O5SSi.CH2Cl2.CH4.3W/c1-8-32-20(27)25(18-16(26(28)29)17(22)23-19(24-18)34(5,30)31)13-14-10-9-11-15(12-14)33-35(6,7)21(2,3)4;1-8-30-20(27)25(18-16(26(28)29)17(22)23-19(24-18)32-5)13-14-10-9-11-15(12-14)31-33(6,7)21(2,3)4;2-1-3;;;;/h9-12H,8,13H2,1-7H3,(H2,22,23,24);9-12H,8,13H2,1-7H3,(H2,22,23,24);1H2;1H4;;;. The molecule has 0 radical (unpaired) electrons. The van der Waals surface area contributed by atoms with E-state index in [0.29, 0.717) is 22.6 Å². The average Bonchev–Trinajstić information content (AvgIpc) is 3.23. The third-order valence-electron chi connectivity index (χ3n) is 10.9. The minimum absolute atomic E-state index is 0. The molecule has 0 saturated carbocycles. The van der Waals surface area contributed by atoms with Gasteiger partial charge in [0.15, 0.2) is 5.16 Å². The van der Waals surface area contributed by atoms with Crippen LogP contribution >= 0.6 is 35.0 Å². The van der Waals surface area contributed by atoms with Gasteiger partial charge in [-0.05, 0) is 91.8 Å². The summed E-state index contributed by atoms with van der Waals surface area (Å²) in [6.45, 7) is 24.2. The van der Waals surface area contributed by atoms with Crippen LogP contribution in [0.5, 0.6) is 11.5 Å². The summed E-state index contributed by atoms with van der Waals surface area (Å²) >= 11 is 10.7. The van der Waals surface area contributed by atoms with E-state index in [1.807, 2.05) is 18.2 Å². The maximum absolute atomic E-state index is 12.8. The van der Waals surface area contributed by atoms with E-state index >= 15 is 0 Å². The average molecular weight is 1670 g/mol. The van der Waals surface area contributed by atoms with Gasteiger partial charge in [0.2, 0.25) is 49.7 Å². The molecule has 4 N–H and O–H groups in total. The van der Waals surface area contributed by atoms with Crippen molar-refractivity contribution in [2.75, 3.05) is 52.3 Å². The Kier molecular flexibility index (Phi) is 32.8. The first-order chi connectivity index (χ1) is 32.7. The fraction of sp³-hybridized carbons (Fsp3) is 0.500. The molecule has 22 nitrogen and oxygen atoms in total. The predicted molar refractivity (Wildman–Crippen MR) is 289 cm³/mol. The Hall–Kier alpha value is -3.48. The van der Waals surface area contributed by atoms with Gasteiger partial charge in [-0.1, -0.05) is 85.0 Å². The Labute approximate surface area is 499 Å². The quantitative estimate of drug-likeness (QED) is 0.0263. The number of nitrogens with zero attached hydrogens (tertiary/aromatic N) is 8. The van der Waals surface area contributed by atoms with Gasteiger partial charge in [-0.15, -0.1) is 23.2 Å². The maximum atomic E-state index is 12.8. The number of carbonyl (C=O) groups is 2. The minimum Gasteiger partial charge on any atom is -0.543 e. The molecule has 2 aromatic heterocycles. The smallest absolute Gasteiger partial charge is 0.415 e. The van der Waals surface area contributed by atoms with Crippen molar-refractivity contribution < 1.29 is 109 Å². The summed E-state index contributed by atoms with van der Waals surface area (Å²) in [5, 5.41) is 23.1. The molecule has 0 fully saturated rings. The van der Waals surface area contributed by atoms with Gasteiger partial charge in [-0.2, -0.15) is 19.9 Å². The first-order valence-corrected chi connectivity index (χ1v) is 31.6. The van der Waals surface area contributed by atoms with Crippen LogP contribution in [-0.4, -0.2) is 98.1 Å². The summed E-state index contributed by atoms with van der Waals surface area (Å²) in [7, 11) is -8.25. The minimum atomic E-state index is -3.99. The van der Waals surface area contributed by atoms with E-state index < -0.39 is 76.7 Å². The topological polar surface area (TPSA) is 302 Å². The molecule has 2 amide bonds. The summed E-state index contributed by atoms with van der Waals surface area (Å²) in [5.74, 6) is -0.567. The number of thioether (sulfide) groups is 1. The number of amides is 2. The predicted octanol–water partition coefficient (Wildman–Crippen LogP) is 11.2. The number of hydrogen-bond acceptors (Lipinski definition) is 19. The molecule has 0 saturated heterocycles. The van der Waals surface area contributed by atoms with Crippen LogP contribution < -0.4 is 30.1 Å². The molecule has 31 heteroatoms. The fourth-order valence-corrected chi connectivity index (χ4v) is 8.32. The van der Waals surface area contributed by atoms with E-state index in [0.717, 1.165) is 27.8 Å². The fourth-order valence-electron chi connectivity index (χ4n) is 5.39. The number of ether oxygens (including phenoxy) is 2. The van der Waals surface area contributed by atoms with Crippen molar-refractivity contribution >= 4 is 108 Å². The van der Waals surface area contributed by atoms with Gasteiger partial charge in [-0.3, -0.25) is 30.0 Å². The van der Waals surface area contributed by atoms with Gasteiger partial charge in [0.25, 0.3) is 5.16 Å². The zero-order valence-electron chi connectivity index (χ0n) is 43.6. The number of carbonyl (C=O) groups excluding carboxylic acids is 2. The zero-order valence-corrected chi connectivity index (χ0v) is 57.5. The van der Waals surface area contributed by atoms with Crippen LogP contribution in [0.25, 0.3) is 0 Å². The first-order valence-electron chi connectivity index (χ1n) is 21.6. The number of hydrogen-bond donors (Lipinski definition) is 2. The number of nitro groups is 2. The number of benzene rings is 2. The third-order valence-corrected chi connectivity index (χ3v) is 21.1. The molecular weight excluding hydrogens is 1600 g/mol. The van der Waals surface area contributed by atoms with Gasteiger partial charge in [0.1, 0.15) is 11.5 Å². The largest absolute Gasteiger partial charge is 0.543 e. The number of rotatable bonds is 16. The van der Waals surface area contributed by atoms with Gasteiger partial charge < -0.3 is 29.8 Å². The second-order valence-corrected chi connectivity index (χ2v) is 31.2. The molecule has 418 valence electrons. The van der Waals surface area contributed by atoms with Gasteiger partial charge in [0.05, 0.1) is 41.5 Å². The molecule has 2 heterocycles. The van der Waals surface area contributed by atoms with Crippen molar-refractivity contribution in [1.82, 2.24) is 19.9 Å². The Balaban J connectivity index is -0.00000125. The van der Waals surface area contributed by atoms with E-state index in [2.05, 4.69) is 87.7 Å². The maximum Gasteiger partial charge on any atom is 0.415 e. The number of aromatic nitrogens is 4. The number of alkyl halides is 2. The van der Waals surface area contributed by atoms with Gasteiger partial charge >= 0.3 is 23.6 Å². The van der Waals surface area contributed by atoms with Crippen LogP contribution in [0.4, 0.5) is 44.2 Å². The second-order valence-electron chi connectivity index (χ2n) is 18.3. The van der Waals surface area contributed by atoms with E-state index in [-0.39, 0.29) is 129 Å². The van der Waals surface area contributed by atoms with Crippen LogP contribution in [0.3, 0.4) is 0 Å². The normalized spacial score (nSPS) is 11.1. The SMILES string of the molecule is C.CCOC(=O)N(Cc1cccc(O[Si](C)(C)C(C)(C)C)c1)c1nc(S(C)(=O)=O)nc(N)c1[N+](=O)[O-].CCOC(=O)N(Cc1cccc(O[Si](C)(C)C(C)(C)C)c1)c1nc(SC)nc(N)c1[N+](=O)[O-].ClCCl.[W].[W].[W]. The molecule has 0 aliphatic rings. The Bertz CT molecular complexity index is 2660. The Morgan fingerprint density at radius 3 is 1.36 bits per heavy atom. The van der Waals surface area contributed by atoms with Crippen molar-refractivity contribution in [3.63, 3.8) is 0 Å². The molecular formula is C44H68Cl2N10O12S2Si2W3.